The van der Waals surface area contributed by atoms with Crippen LogP contribution in [0.25, 0.3) is 0 Å². The molecule has 96 valence electrons. The van der Waals surface area contributed by atoms with Crippen molar-refractivity contribution in [3.63, 3.8) is 0 Å². The third-order valence-corrected chi connectivity index (χ3v) is 2.81. The van der Waals surface area contributed by atoms with Crippen LogP contribution in [0.5, 0.6) is 5.88 Å². The SMILES string of the molecule is CCN(CC)CCC(O)c1nccnc1OC. The Balaban J connectivity index is 2.60. The standard InChI is InChI=1S/C12H21N3O2/c1-4-15(5-2)9-6-10(16)11-12(17-3)14-8-7-13-11/h7-8,10,16H,4-6,9H2,1-3H3. The zero-order valence-corrected chi connectivity index (χ0v) is 10.8. The van der Waals surface area contributed by atoms with Crippen LogP contribution in [0, 0.1) is 0 Å². The first kappa shape index (κ1) is 13.9. The molecule has 0 saturated carbocycles. The van der Waals surface area contributed by atoms with Crippen molar-refractivity contribution in [3.8, 4) is 5.88 Å². The third kappa shape index (κ3) is 3.94. The summed E-state index contributed by atoms with van der Waals surface area (Å²) in [6.45, 7) is 7.03. The molecule has 0 aromatic carbocycles. The van der Waals surface area contributed by atoms with Crippen molar-refractivity contribution in [1.82, 2.24) is 14.9 Å². The average molecular weight is 239 g/mol. The van der Waals surface area contributed by atoms with E-state index in [1.54, 1.807) is 12.4 Å². The fraction of sp³-hybridized carbons (Fsp3) is 0.667. The lowest BCUT2D eigenvalue weighted by Crippen LogP contribution is -2.25. The number of rotatable bonds is 7. The molecule has 1 aromatic rings. The van der Waals surface area contributed by atoms with Gasteiger partial charge in [-0.15, -0.1) is 0 Å². The van der Waals surface area contributed by atoms with E-state index in [1.807, 2.05) is 0 Å². The van der Waals surface area contributed by atoms with Gasteiger partial charge in [-0.3, -0.25) is 4.98 Å². The fourth-order valence-electron chi connectivity index (χ4n) is 1.70. The predicted octanol–water partition coefficient (Wildman–Crippen LogP) is 1.25. The summed E-state index contributed by atoms with van der Waals surface area (Å²) in [6.07, 6.45) is 3.13. The van der Waals surface area contributed by atoms with Crippen LogP contribution in [-0.2, 0) is 0 Å². The van der Waals surface area contributed by atoms with E-state index in [-0.39, 0.29) is 0 Å². The Hall–Kier alpha value is -1.20. The van der Waals surface area contributed by atoms with Crippen LogP contribution < -0.4 is 4.74 Å². The molecule has 1 N–H and O–H groups in total. The Morgan fingerprint density at radius 3 is 2.53 bits per heavy atom. The molecule has 0 bridgehead atoms. The first-order valence-electron chi connectivity index (χ1n) is 5.98. The van der Waals surface area contributed by atoms with Crippen molar-refractivity contribution in [2.24, 2.45) is 0 Å². The van der Waals surface area contributed by atoms with Gasteiger partial charge in [0, 0.05) is 18.9 Å². The molecule has 1 unspecified atom stereocenters. The van der Waals surface area contributed by atoms with E-state index >= 15 is 0 Å². The topological polar surface area (TPSA) is 58.5 Å². The van der Waals surface area contributed by atoms with E-state index in [0.717, 1.165) is 19.6 Å². The Kier molecular flexibility index (Phi) is 5.86. The number of methoxy groups -OCH3 is 1. The van der Waals surface area contributed by atoms with E-state index in [2.05, 4.69) is 28.7 Å². The summed E-state index contributed by atoms with van der Waals surface area (Å²) < 4.78 is 5.08. The highest BCUT2D eigenvalue weighted by Gasteiger charge is 2.16. The lowest BCUT2D eigenvalue weighted by Gasteiger charge is -2.20. The van der Waals surface area contributed by atoms with Gasteiger partial charge in [0.25, 0.3) is 0 Å². The normalized spacial score (nSPS) is 12.8. The first-order chi connectivity index (χ1) is 8.22. The zero-order valence-electron chi connectivity index (χ0n) is 10.8. The summed E-state index contributed by atoms with van der Waals surface area (Å²) in [7, 11) is 1.53. The molecule has 5 nitrogen and oxygen atoms in total. The minimum Gasteiger partial charge on any atom is -0.480 e. The van der Waals surface area contributed by atoms with Crippen molar-refractivity contribution in [2.45, 2.75) is 26.4 Å². The van der Waals surface area contributed by atoms with Gasteiger partial charge in [-0.2, -0.15) is 0 Å². The molecule has 0 radical (unpaired) electrons. The predicted molar refractivity (Wildman–Crippen MR) is 65.9 cm³/mol. The van der Waals surface area contributed by atoms with Crippen molar-refractivity contribution in [2.75, 3.05) is 26.7 Å². The molecular formula is C12H21N3O2. The maximum absolute atomic E-state index is 10.1. The number of aliphatic hydroxyl groups excluding tert-OH is 1. The summed E-state index contributed by atoms with van der Waals surface area (Å²) in [5, 5.41) is 10.1. The maximum atomic E-state index is 10.1. The first-order valence-corrected chi connectivity index (χ1v) is 5.98. The second-order valence-corrected chi connectivity index (χ2v) is 3.78. The van der Waals surface area contributed by atoms with Crippen molar-refractivity contribution >= 4 is 0 Å². The van der Waals surface area contributed by atoms with E-state index in [0.29, 0.717) is 18.0 Å². The second-order valence-electron chi connectivity index (χ2n) is 3.78. The minimum atomic E-state index is -0.626. The quantitative estimate of drug-likeness (QED) is 0.776. The number of hydrogen-bond donors (Lipinski definition) is 1. The van der Waals surface area contributed by atoms with Gasteiger partial charge in [0.2, 0.25) is 5.88 Å². The Labute approximate surface area is 102 Å². The van der Waals surface area contributed by atoms with Crippen LogP contribution in [0.4, 0.5) is 0 Å². The summed E-state index contributed by atoms with van der Waals surface area (Å²) in [5.74, 6) is 0.402. The smallest absolute Gasteiger partial charge is 0.238 e. The average Bonchev–Trinajstić information content (AvgIpc) is 2.39. The molecule has 1 atom stereocenters. The highest BCUT2D eigenvalue weighted by Crippen LogP contribution is 2.22. The van der Waals surface area contributed by atoms with Gasteiger partial charge in [-0.1, -0.05) is 13.8 Å². The van der Waals surface area contributed by atoms with Gasteiger partial charge in [-0.25, -0.2) is 4.98 Å². The van der Waals surface area contributed by atoms with E-state index in [4.69, 9.17) is 4.74 Å². The van der Waals surface area contributed by atoms with Crippen LogP contribution in [0.15, 0.2) is 12.4 Å². The Morgan fingerprint density at radius 1 is 1.29 bits per heavy atom. The molecule has 0 aliphatic rings. The van der Waals surface area contributed by atoms with Gasteiger partial charge in [0.05, 0.1) is 7.11 Å². The summed E-state index contributed by atoms with van der Waals surface area (Å²) in [6, 6.07) is 0. The highest BCUT2D eigenvalue weighted by atomic mass is 16.5. The molecule has 1 rings (SSSR count). The van der Waals surface area contributed by atoms with Crippen molar-refractivity contribution in [3.05, 3.63) is 18.1 Å². The van der Waals surface area contributed by atoms with Gasteiger partial charge in [0.1, 0.15) is 11.8 Å². The molecule has 0 aliphatic carbocycles. The van der Waals surface area contributed by atoms with E-state index in [1.165, 1.54) is 7.11 Å². The van der Waals surface area contributed by atoms with Gasteiger partial charge >= 0.3 is 0 Å². The highest BCUT2D eigenvalue weighted by molar-refractivity contribution is 5.19. The monoisotopic (exact) mass is 239 g/mol. The number of ether oxygens (including phenoxy) is 1. The van der Waals surface area contributed by atoms with Crippen LogP contribution in [-0.4, -0.2) is 46.7 Å². The molecule has 1 heterocycles. The zero-order chi connectivity index (χ0) is 12.7. The van der Waals surface area contributed by atoms with E-state index in [9.17, 15) is 5.11 Å². The molecule has 5 heteroatoms. The lowest BCUT2D eigenvalue weighted by atomic mass is 10.2. The molecule has 0 amide bonds. The third-order valence-electron chi connectivity index (χ3n) is 2.81. The molecule has 0 saturated heterocycles. The molecule has 1 aromatic heterocycles. The molecular weight excluding hydrogens is 218 g/mol. The maximum Gasteiger partial charge on any atom is 0.238 e. The van der Waals surface area contributed by atoms with Crippen molar-refractivity contribution in [1.29, 1.82) is 0 Å². The van der Waals surface area contributed by atoms with Gasteiger partial charge in [-0.05, 0) is 19.5 Å². The summed E-state index contributed by atoms with van der Waals surface area (Å²) in [5.41, 5.74) is 0.516. The van der Waals surface area contributed by atoms with Gasteiger partial charge < -0.3 is 14.7 Å². The van der Waals surface area contributed by atoms with Gasteiger partial charge in [0.15, 0.2) is 0 Å². The number of aromatic nitrogens is 2. The molecule has 17 heavy (non-hydrogen) atoms. The minimum absolute atomic E-state index is 0.402. The Morgan fingerprint density at radius 2 is 1.94 bits per heavy atom. The van der Waals surface area contributed by atoms with Crippen LogP contribution in [0.3, 0.4) is 0 Å². The summed E-state index contributed by atoms with van der Waals surface area (Å²) in [4.78, 5) is 10.4. The Bertz CT molecular complexity index is 329. The van der Waals surface area contributed by atoms with Crippen LogP contribution >= 0.6 is 0 Å². The fourth-order valence-corrected chi connectivity index (χ4v) is 1.70. The van der Waals surface area contributed by atoms with E-state index < -0.39 is 6.10 Å². The number of hydrogen-bond acceptors (Lipinski definition) is 5. The molecule has 0 aliphatic heterocycles. The molecule has 0 fully saturated rings. The largest absolute Gasteiger partial charge is 0.480 e. The number of nitrogens with zero attached hydrogens (tertiary/aromatic N) is 3. The summed E-state index contributed by atoms with van der Waals surface area (Å²) >= 11 is 0. The lowest BCUT2D eigenvalue weighted by molar-refractivity contribution is 0.137. The number of aliphatic hydroxyl groups is 1. The second kappa shape index (κ2) is 7.19. The van der Waals surface area contributed by atoms with Crippen LogP contribution in [0.2, 0.25) is 0 Å². The molecule has 0 spiro atoms. The van der Waals surface area contributed by atoms with Crippen molar-refractivity contribution < 1.29 is 9.84 Å². The van der Waals surface area contributed by atoms with Crippen LogP contribution in [0.1, 0.15) is 32.1 Å².